The van der Waals surface area contributed by atoms with Crippen LogP contribution < -0.4 is 26.4 Å². The van der Waals surface area contributed by atoms with Gasteiger partial charge in [-0.3, -0.25) is 0 Å². The van der Waals surface area contributed by atoms with Crippen molar-refractivity contribution in [2.24, 2.45) is 5.92 Å². The molecule has 114 valence electrons. The first kappa shape index (κ1) is 19.4. The fraction of sp³-hybridized carbons (Fsp3) is 0.769. The molecule has 0 saturated carbocycles. The summed E-state index contributed by atoms with van der Waals surface area (Å²) >= 11 is 0.0492. The van der Waals surface area contributed by atoms with E-state index in [0.717, 1.165) is 5.92 Å². The summed E-state index contributed by atoms with van der Waals surface area (Å²) in [5, 5.41) is 2.28. The Labute approximate surface area is 133 Å². The van der Waals surface area contributed by atoms with E-state index < -0.39 is 0 Å². The molecule has 0 atom stereocenters. The van der Waals surface area contributed by atoms with Crippen molar-refractivity contribution >= 4 is 32.1 Å². The van der Waals surface area contributed by atoms with Gasteiger partial charge < -0.3 is 0 Å². The first-order valence-corrected chi connectivity index (χ1v) is 15.1. The summed E-state index contributed by atoms with van der Waals surface area (Å²) in [5.41, 5.74) is 0. The number of rotatable bonds is 9. The molecule has 0 aliphatic heterocycles. The number of halogens is 2. The fourth-order valence-corrected chi connectivity index (χ4v) is 10.1. The summed E-state index contributed by atoms with van der Waals surface area (Å²) in [7, 11) is 0. The molecule has 0 spiro atoms. The molecule has 0 radical (unpaired) electrons. The van der Waals surface area contributed by atoms with Crippen molar-refractivity contribution in [2.45, 2.75) is 53.4 Å². The molecule has 0 rings (SSSR count). The summed E-state index contributed by atoms with van der Waals surface area (Å²) in [4.78, 5) is 21.9. The minimum atomic E-state index is -0.283. The van der Waals surface area contributed by atoms with Crippen LogP contribution >= 0.6 is 16.8 Å². The number of amides is 2. The van der Waals surface area contributed by atoms with Gasteiger partial charge >= 0.3 is 134 Å². The molecule has 6 heteroatoms. The Morgan fingerprint density at radius 2 is 1.95 bits per heavy atom. The molecule has 0 aromatic heterocycles. The quantitative estimate of drug-likeness (QED) is 0.259. The van der Waals surface area contributed by atoms with E-state index in [9.17, 15) is 9.59 Å². The summed E-state index contributed by atoms with van der Waals surface area (Å²) in [5.74, 6) is 0.272. The van der Waals surface area contributed by atoms with Crippen LogP contribution in [-0.2, 0) is 9.59 Å². The molecule has 0 aromatic carbocycles. The molecule has 0 saturated heterocycles. The molecule has 0 aromatic rings. The van der Waals surface area contributed by atoms with Crippen molar-refractivity contribution in [3.8, 4) is 0 Å². The summed E-state index contributed by atoms with van der Waals surface area (Å²) in [6.07, 6.45) is 5.02. The van der Waals surface area contributed by atoms with Crippen molar-refractivity contribution in [3.05, 3.63) is 0 Å². The number of imide groups is 1. The molecular weight excluding hydrogens is 470 g/mol. The van der Waals surface area contributed by atoms with Crippen molar-refractivity contribution in [1.29, 1.82) is 0 Å². The van der Waals surface area contributed by atoms with Gasteiger partial charge in [0, 0.05) is 0 Å². The predicted molar refractivity (Wildman–Crippen MR) is 84.8 cm³/mol. The Kier molecular flexibility index (Phi) is 12.5. The minimum absolute atomic E-state index is 0.0689. The van der Waals surface area contributed by atoms with Gasteiger partial charge in [0.15, 0.2) is 0 Å². The van der Waals surface area contributed by atoms with Gasteiger partial charge in [0.1, 0.15) is 0 Å². The summed E-state index contributed by atoms with van der Waals surface area (Å²) in [6.45, 7) is 8.41. The molecule has 0 unspecified atom stereocenters. The zero-order chi connectivity index (χ0) is 14.7. The zero-order valence-electron chi connectivity index (χ0n) is 12.2. The van der Waals surface area contributed by atoms with E-state index in [4.69, 9.17) is 0 Å². The van der Waals surface area contributed by atoms with Crippen LogP contribution in [0.3, 0.4) is 0 Å². The fourth-order valence-electron chi connectivity index (χ4n) is 1.32. The van der Waals surface area contributed by atoms with Crippen molar-refractivity contribution in [1.82, 2.24) is 8.85 Å². The molecule has 19 heavy (non-hydrogen) atoms. The maximum absolute atomic E-state index is 11.3. The molecule has 0 aliphatic rings. The predicted octanol–water partition coefficient (Wildman–Crippen LogP) is -0.463. The summed E-state index contributed by atoms with van der Waals surface area (Å²) < 4.78 is 4.98. The van der Waals surface area contributed by atoms with E-state index in [2.05, 4.69) is 29.6 Å². The van der Waals surface area contributed by atoms with Crippen LogP contribution in [0.4, 0.5) is 0 Å². The molecule has 2 amide bonds. The normalized spacial score (nSPS) is 12.4. The first-order chi connectivity index (χ1) is 8.95. The second-order valence-corrected chi connectivity index (χ2v) is 13.3. The SMILES string of the molecule is CCCC(CCC(C)C)=I[I-]NCC(=O)NC(C)=O. The average molecular weight is 495 g/mol. The van der Waals surface area contributed by atoms with Gasteiger partial charge in [-0.25, -0.2) is 0 Å². The van der Waals surface area contributed by atoms with Crippen LogP contribution in [-0.4, -0.2) is 21.9 Å². The van der Waals surface area contributed by atoms with Gasteiger partial charge in [0.2, 0.25) is 0 Å². The van der Waals surface area contributed by atoms with Crippen LogP contribution in [0.1, 0.15) is 53.4 Å². The van der Waals surface area contributed by atoms with Crippen LogP contribution in [0.25, 0.3) is 0 Å². The van der Waals surface area contributed by atoms with Crippen molar-refractivity contribution in [3.63, 3.8) is 0 Å². The Balaban J connectivity index is 3.96. The van der Waals surface area contributed by atoms with Crippen molar-refractivity contribution in [2.75, 3.05) is 6.54 Å². The van der Waals surface area contributed by atoms with E-state index in [0.29, 0.717) is 0 Å². The Bertz CT molecular complexity index is 318. The third-order valence-electron chi connectivity index (χ3n) is 2.24. The van der Waals surface area contributed by atoms with Gasteiger partial charge in [0.05, 0.1) is 0 Å². The van der Waals surface area contributed by atoms with Crippen LogP contribution in [0.5, 0.6) is 0 Å². The van der Waals surface area contributed by atoms with Gasteiger partial charge in [-0.1, -0.05) is 0 Å². The molecule has 4 nitrogen and oxygen atoms in total. The number of carbonyl (C=O) groups excluding carboxylic acids is 2. The number of hydrogen-bond donors (Lipinski definition) is 2. The molecule has 2 N–H and O–H groups in total. The van der Waals surface area contributed by atoms with Crippen LogP contribution in [0, 0.1) is 5.92 Å². The van der Waals surface area contributed by atoms with Crippen LogP contribution in [0.15, 0.2) is 0 Å². The van der Waals surface area contributed by atoms with Crippen molar-refractivity contribution < 1.29 is 27.1 Å². The van der Waals surface area contributed by atoms with Crippen LogP contribution in [0.2, 0.25) is 0 Å². The van der Waals surface area contributed by atoms with Gasteiger partial charge in [-0.15, -0.1) is 0 Å². The Hall–Kier alpha value is 0.430. The van der Waals surface area contributed by atoms with Gasteiger partial charge in [-0.05, 0) is 0 Å². The summed E-state index contributed by atoms with van der Waals surface area (Å²) in [6, 6.07) is 0. The second-order valence-electron chi connectivity index (χ2n) is 4.76. The molecule has 0 fully saturated rings. The van der Waals surface area contributed by atoms with E-state index in [1.807, 2.05) is 0 Å². The topological polar surface area (TPSA) is 58.2 Å². The second kappa shape index (κ2) is 12.2. The molecule has 0 heterocycles. The third kappa shape index (κ3) is 13.2. The molecule has 0 bridgehead atoms. The Morgan fingerprint density at radius 1 is 1.26 bits per heavy atom. The zero-order valence-corrected chi connectivity index (χ0v) is 16.5. The van der Waals surface area contributed by atoms with Gasteiger partial charge in [0.25, 0.3) is 0 Å². The molecule has 0 aliphatic carbocycles. The number of carbonyl (C=O) groups is 2. The number of nitrogens with one attached hydrogen (secondary N) is 2. The first-order valence-electron chi connectivity index (χ1n) is 6.61. The maximum atomic E-state index is 11.3. The van der Waals surface area contributed by atoms with Gasteiger partial charge in [-0.2, -0.15) is 0 Å². The average Bonchev–Trinajstić information content (AvgIpc) is 2.30. The standard InChI is InChI=1S/C13H25I2N2O2/c1-5-6-12(8-7-10(2)3)14-15-16-9-13(19)17-11(4)18/h10,16H,5-9H2,1-4H3,(H,17,18,19)/q-1. The molecular formula is C13H25I2N2O2-. The van der Waals surface area contributed by atoms with E-state index in [1.54, 1.807) is 3.51 Å². The number of hydrogen-bond acceptors (Lipinski definition) is 3. The Morgan fingerprint density at radius 3 is 2.47 bits per heavy atom. The monoisotopic (exact) mass is 495 g/mol. The van der Waals surface area contributed by atoms with E-state index >= 15 is 0 Å². The van der Waals surface area contributed by atoms with E-state index in [-0.39, 0.29) is 52.6 Å². The van der Waals surface area contributed by atoms with E-state index in [1.165, 1.54) is 32.6 Å². The third-order valence-corrected chi connectivity index (χ3v) is 11.9.